The quantitative estimate of drug-likeness (QED) is 0.460. The summed E-state index contributed by atoms with van der Waals surface area (Å²) < 4.78 is 93.9. The number of carbonyl (C=O) groups excluding carboxylic acids is 2. The Balaban J connectivity index is 2.00. The van der Waals surface area contributed by atoms with Gasteiger partial charge in [0.05, 0.1) is 7.11 Å². The standard InChI is InChI=1S/C21H13F6N3O5/c1-33-18-14(5-4-13(17(18)24)35-21(25,26)27)34-12-3-2-10(22)16(23)15(12)20(32)30-9-6-7-29-11(8-9)19(28)31/h2-8H,1H3,(H2,28,31)(H,29,30,32). The van der Waals surface area contributed by atoms with E-state index in [0.29, 0.717) is 12.1 Å². The molecule has 2 aromatic carbocycles. The molecule has 0 aliphatic rings. The Morgan fingerprint density at radius 2 is 1.63 bits per heavy atom. The predicted octanol–water partition coefficient (Wildman–Crippen LogP) is 4.55. The first kappa shape index (κ1) is 25.1. The number of carbonyl (C=O) groups is 2. The second kappa shape index (κ2) is 9.79. The first-order chi connectivity index (χ1) is 16.4. The monoisotopic (exact) mass is 501 g/mol. The Hall–Kier alpha value is -4.49. The molecule has 3 aromatic rings. The summed E-state index contributed by atoms with van der Waals surface area (Å²) >= 11 is 0. The molecule has 0 radical (unpaired) electrons. The molecule has 0 fully saturated rings. The molecule has 3 rings (SSSR count). The average Bonchev–Trinajstić information content (AvgIpc) is 2.77. The lowest BCUT2D eigenvalue weighted by molar-refractivity contribution is -0.275. The van der Waals surface area contributed by atoms with Crippen LogP contribution in [0, 0.1) is 17.5 Å². The Morgan fingerprint density at radius 1 is 0.971 bits per heavy atom. The number of primary amides is 1. The number of ether oxygens (including phenoxy) is 3. The van der Waals surface area contributed by atoms with Gasteiger partial charge >= 0.3 is 6.36 Å². The van der Waals surface area contributed by atoms with Gasteiger partial charge in [0.1, 0.15) is 17.0 Å². The molecule has 35 heavy (non-hydrogen) atoms. The highest BCUT2D eigenvalue weighted by atomic mass is 19.4. The third kappa shape index (κ3) is 5.72. The van der Waals surface area contributed by atoms with E-state index >= 15 is 0 Å². The van der Waals surface area contributed by atoms with Gasteiger partial charge in [0.2, 0.25) is 11.6 Å². The fourth-order valence-corrected chi connectivity index (χ4v) is 2.78. The highest BCUT2D eigenvalue weighted by molar-refractivity contribution is 6.07. The van der Waals surface area contributed by atoms with Gasteiger partial charge in [-0.1, -0.05) is 0 Å². The first-order valence-corrected chi connectivity index (χ1v) is 9.26. The predicted molar refractivity (Wildman–Crippen MR) is 107 cm³/mol. The van der Waals surface area contributed by atoms with Crippen molar-refractivity contribution in [1.29, 1.82) is 0 Å². The summed E-state index contributed by atoms with van der Waals surface area (Å²) in [6.45, 7) is 0. The minimum atomic E-state index is -5.21. The number of anilines is 1. The van der Waals surface area contributed by atoms with Crippen LogP contribution in [-0.4, -0.2) is 30.3 Å². The van der Waals surface area contributed by atoms with Gasteiger partial charge < -0.3 is 25.3 Å². The molecular weight excluding hydrogens is 488 g/mol. The number of nitrogens with zero attached hydrogens (tertiary/aromatic N) is 1. The molecule has 14 heteroatoms. The largest absolute Gasteiger partial charge is 0.573 e. The van der Waals surface area contributed by atoms with Gasteiger partial charge in [-0.05, 0) is 36.4 Å². The van der Waals surface area contributed by atoms with Gasteiger partial charge in [0, 0.05) is 11.9 Å². The number of halogens is 6. The summed E-state index contributed by atoms with van der Waals surface area (Å²) in [6.07, 6.45) is -4.09. The van der Waals surface area contributed by atoms with Crippen molar-refractivity contribution in [2.24, 2.45) is 5.73 Å². The summed E-state index contributed by atoms with van der Waals surface area (Å²) in [4.78, 5) is 27.6. The molecule has 0 aliphatic heterocycles. The van der Waals surface area contributed by atoms with Crippen molar-refractivity contribution in [1.82, 2.24) is 4.98 Å². The second-order valence-electron chi connectivity index (χ2n) is 6.54. The topological polar surface area (TPSA) is 113 Å². The Morgan fingerprint density at radius 3 is 2.26 bits per heavy atom. The van der Waals surface area contributed by atoms with Crippen LogP contribution < -0.4 is 25.3 Å². The fourth-order valence-electron chi connectivity index (χ4n) is 2.78. The molecule has 0 aliphatic carbocycles. The van der Waals surface area contributed by atoms with Crippen molar-refractivity contribution in [3.63, 3.8) is 0 Å². The number of amides is 2. The lowest BCUT2D eigenvalue weighted by atomic mass is 10.1. The van der Waals surface area contributed by atoms with E-state index in [4.69, 9.17) is 15.2 Å². The zero-order valence-electron chi connectivity index (χ0n) is 17.4. The summed E-state index contributed by atoms with van der Waals surface area (Å²) in [5.41, 5.74) is 3.82. The number of hydrogen-bond donors (Lipinski definition) is 2. The van der Waals surface area contributed by atoms with E-state index in [2.05, 4.69) is 15.0 Å². The highest BCUT2D eigenvalue weighted by Gasteiger charge is 2.34. The number of alkyl halides is 3. The van der Waals surface area contributed by atoms with E-state index in [1.54, 1.807) is 0 Å². The second-order valence-corrected chi connectivity index (χ2v) is 6.54. The number of benzene rings is 2. The van der Waals surface area contributed by atoms with Crippen molar-refractivity contribution < 1.29 is 50.1 Å². The van der Waals surface area contributed by atoms with Crippen molar-refractivity contribution >= 4 is 17.5 Å². The van der Waals surface area contributed by atoms with Crippen molar-refractivity contribution in [3.8, 4) is 23.0 Å². The van der Waals surface area contributed by atoms with E-state index in [0.717, 1.165) is 31.5 Å². The molecular formula is C21H13F6N3O5. The molecule has 0 spiro atoms. The molecule has 0 unspecified atom stereocenters. The third-order valence-electron chi connectivity index (χ3n) is 4.23. The first-order valence-electron chi connectivity index (χ1n) is 9.26. The van der Waals surface area contributed by atoms with Gasteiger partial charge in [-0.2, -0.15) is 4.39 Å². The van der Waals surface area contributed by atoms with E-state index < -0.39 is 64.2 Å². The molecule has 1 aromatic heterocycles. The maximum atomic E-state index is 14.6. The highest BCUT2D eigenvalue weighted by Crippen LogP contribution is 2.41. The van der Waals surface area contributed by atoms with Gasteiger partial charge in [0.25, 0.3) is 11.8 Å². The van der Waals surface area contributed by atoms with Gasteiger partial charge in [-0.25, -0.2) is 8.78 Å². The maximum absolute atomic E-state index is 14.6. The van der Waals surface area contributed by atoms with E-state index in [-0.39, 0.29) is 11.4 Å². The summed E-state index contributed by atoms with van der Waals surface area (Å²) in [5, 5.41) is 2.20. The smallest absolute Gasteiger partial charge is 0.490 e. The number of hydrogen-bond acceptors (Lipinski definition) is 6. The van der Waals surface area contributed by atoms with Crippen LogP contribution in [0.25, 0.3) is 0 Å². The van der Waals surface area contributed by atoms with Crippen molar-refractivity contribution in [2.45, 2.75) is 6.36 Å². The number of nitrogens with one attached hydrogen (secondary N) is 1. The molecule has 2 amide bonds. The molecule has 3 N–H and O–H groups in total. The molecule has 1 heterocycles. The minimum absolute atomic E-state index is 0.0642. The number of nitrogens with two attached hydrogens (primary N) is 1. The van der Waals surface area contributed by atoms with E-state index in [1.165, 1.54) is 6.07 Å². The van der Waals surface area contributed by atoms with Crippen LogP contribution in [-0.2, 0) is 0 Å². The number of methoxy groups -OCH3 is 1. The zero-order valence-corrected chi connectivity index (χ0v) is 17.4. The molecule has 0 atom stereocenters. The van der Waals surface area contributed by atoms with E-state index in [9.17, 15) is 35.9 Å². The molecule has 0 saturated heterocycles. The maximum Gasteiger partial charge on any atom is 0.573 e. The van der Waals surface area contributed by atoms with Crippen LogP contribution in [0.15, 0.2) is 42.6 Å². The fraction of sp³-hybridized carbons (Fsp3) is 0.0952. The molecule has 184 valence electrons. The zero-order chi connectivity index (χ0) is 25.9. The summed E-state index contributed by atoms with van der Waals surface area (Å²) in [6, 6.07) is 5.07. The molecule has 8 nitrogen and oxygen atoms in total. The number of pyridine rings is 1. The Bertz CT molecular complexity index is 1300. The van der Waals surface area contributed by atoms with Crippen LogP contribution in [0.1, 0.15) is 20.8 Å². The Labute approximate surface area is 192 Å². The lowest BCUT2D eigenvalue weighted by Crippen LogP contribution is -2.18. The van der Waals surface area contributed by atoms with Crippen molar-refractivity contribution in [3.05, 3.63) is 71.3 Å². The van der Waals surface area contributed by atoms with Gasteiger partial charge in [-0.3, -0.25) is 14.6 Å². The van der Waals surface area contributed by atoms with Crippen LogP contribution in [0.2, 0.25) is 0 Å². The van der Waals surface area contributed by atoms with Gasteiger partial charge in [0.15, 0.2) is 23.1 Å². The third-order valence-corrected chi connectivity index (χ3v) is 4.23. The van der Waals surface area contributed by atoms with Crippen molar-refractivity contribution in [2.75, 3.05) is 12.4 Å². The Kier molecular flexibility index (Phi) is 7.03. The van der Waals surface area contributed by atoms with Crippen LogP contribution in [0.4, 0.5) is 32.0 Å². The normalized spacial score (nSPS) is 11.1. The molecule has 0 bridgehead atoms. The van der Waals surface area contributed by atoms with Crippen LogP contribution in [0.5, 0.6) is 23.0 Å². The van der Waals surface area contributed by atoms with Crippen LogP contribution >= 0.6 is 0 Å². The number of rotatable bonds is 7. The summed E-state index contributed by atoms with van der Waals surface area (Å²) in [5.74, 6) is -10.2. The lowest BCUT2D eigenvalue weighted by Gasteiger charge is -2.17. The molecule has 0 saturated carbocycles. The average molecular weight is 501 g/mol. The van der Waals surface area contributed by atoms with E-state index in [1.807, 2.05) is 0 Å². The SMILES string of the molecule is COc1c(Oc2ccc(F)c(F)c2C(=O)Nc2ccnc(C(N)=O)c2)ccc(OC(F)(F)F)c1F. The number of aromatic nitrogens is 1. The summed E-state index contributed by atoms with van der Waals surface area (Å²) in [7, 11) is 0.904. The minimum Gasteiger partial charge on any atom is -0.490 e. The van der Waals surface area contributed by atoms with Crippen LogP contribution in [0.3, 0.4) is 0 Å². The van der Waals surface area contributed by atoms with Gasteiger partial charge in [-0.15, -0.1) is 13.2 Å².